The summed E-state index contributed by atoms with van der Waals surface area (Å²) in [4.78, 5) is 0. The van der Waals surface area contributed by atoms with Crippen LogP contribution in [0.2, 0.25) is 5.02 Å². The molecule has 0 N–H and O–H groups in total. The second-order valence-corrected chi connectivity index (χ2v) is 6.65. The van der Waals surface area contributed by atoms with Crippen molar-refractivity contribution >= 4 is 33.0 Å². The van der Waals surface area contributed by atoms with E-state index in [1.54, 1.807) is 11.3 Å². The highest BCUT2D eigenvalue weighted by Gasteiger charge is 2.04. The van der Waals surface area contributed by atoms with E-state index in [4.69, 9.17) is 11.6 Å². The summed E-state index contributed by atoms with van der Waals surface area (Å²) in [7, 11) is 0. The first-order chi connectivity index (χ1) is 10.8. The van der Waals surface area contributed by atoms with E-state index >= 15 is 0 Å². The van der Waals surface area contributed by atoms with Crippen LogP contribution in [0.5, 0.6) is 0 Å². The van der Waals surface area contributed by atoms with Crippen LogP contribution >= 0.6 is 22.9 Å². The third-order valence-corrected chi connectivity index (χ3v) is 4.92. The van der Waals surface area contributed by atoms with Gasteiger partial charge in [-0.3, -0.25) is 0 Å². The normalized spacial score (nSPS) is 11.0. The Morgan fingerprint density at radius 2 is 1.32 bits per heavy atom. The van der Waals surface area contributed by atoms with Gasteiger partial charge in [-0.1, -0.05) is 54.1 Å². The Morgan fingerprint density at radius 1 is 0.636 bits per heavy atom. The van der Waals surface area contributed by atoms with E-state index in [1.165, 1.54) is 26.8 Å². The van der Waals surface area contributed by atoms with E-state index < -0.39 is 0 Å². The number of halogens is 1. The molecule has 0 nitrogen and oxygen atoms in total. The number of hydrogen-bond acceptors (Lipinski definition) is 1. The van der Waals surface area contributed by atoms with E-state index in [2.05, 4.69) is 60.0 Å². The van der Waals surface area contributed by atoms with Crippen LogP contribution in [0.15, 0.2) is 78.2 Å². The smallest absolute Gasteiger partial charge is 0.0412 e. The minimum Gasteiger partial charge on any atom is -0.144 e. The topological polar surface area (TPSA) is 0 Å². The predicted molar refractivity (Wildman–Crippen MR) is 97.7 cm³/mol. The summed E-state index contributed by atoms with van der Waals surface area (Å²) in [6, 6.07) is 25.4. The van der Waals surface area contributed by atoms with Crippen LogP contribution in [0.3, 0.4) is 0 Å². The van der Waals surface area contributed by atoms with Crippen molar-refractivity contribution < 1.29 is 0 Å². The second-order valence-electron chi connectivity index (χ2n) is 5.26. The third-order valence-electron chi connectivity index (χ3n) is 3.81. The fourth-order valence-corrected chi connectivity index (χ4v) is 3.70. The average molecular weight is 321 g/mol. The Kier molecular flexibility index (Phi) is 3.45. The number of thiophene rings is 1. The molecular weight excluding hydrogens is 308 g/mol. The molecule has 0 aliphatic heterocycles. The summed E-state index contributed by atoms with van der Waals surface area (Å²) in [5, 5.41) is 4.21. The van der Waals surface area contributed by atoms with Gasteiger partial charge >= 0.3 is 0 Å². The molecule has 0 bridgehead atoms. The van der Waals surface area contributed by atoms with Crippen molar-refractivity contribution in [2.24, 2.45) is 0 Å². The molecule has 0 spiro atoms. The van der Waals surface area contributed by atoms with Gasteiger partial charge in [0.1, 0.15) is 0 Å². The Hall–Kier alpha value is -2.09. The van der Waals surface area contributed by atoms with Crippen LogP contribution < -0.4 is 0 Å². The zero-order chi connectivity index (χ0) is 14.9. The van der Waals surface area contributed by atoms with E-state index in [1.807, 2.05) is 18.2 Å². The van der Waals surface area contributed by atoms with Crippen LogP contribution in [0.25, 0.3) is 32.3 Å². The Morgan fingerprint density at radius 3 is 2.09 bits per heavy atom. The summed E-state index contributed by atoms with van der Waals surface area (Å²) >= 11 is 7.89. The zero-order valence-corrected chi connectivity index (χ0v) is 13.4. The van der Waals surface area contributed by atoms with Gasteiger partial charge in [-0.2, -0.15) is 0 Å². The molecule has 0 unspecified atom stereocenters. The van der Waals surface area contributed by atoms with E-state index in [0.29, 0.717) is 0 Å². The SMILES string of the molecule is Clc1cccc(-c2cccc(-c3ccc4ccsc4c3)c2)c1. The van der Waals surface area contributed by atoms with Crippen molar-refractivity contribution in [1.29, 1.82) is 0 Å². The van der Waals surface area contributed by atoms with Crippen LogP contribution in [-0.2, 0) is 0 Å². The lowest BCUT2D eigenvalue weighted by Gasteiger charge is -2.07. The first-order valence-corrected chi connectivity index (χ1v) is 8.39. The van der Waals surface area contributed by atoms with Crippen LogP contribution in [-0.4, -0.2) is 0 Å². The molecule has 0 aliphatic carbocycles. The summed E-state index contributed by atoms with van der Waals surface area (Å²) in [5.41, 5.74) is 4.81. The molecular formula is C20H13ClS. The summed E-state index contributed by atoms with van der Waals surface area (Å²) in [6.07, 6.45) is 0. The Balaban J connectivity index is 1.81. The van der Waals surface area contributed by atoms with Crippen LogP contribution in [0, 0.1) is 0 Å². The quantitative estimate of drug-likeness (QED) is 0.377. The Labute approximate surface area is 138 Å². The molecule has 1 aromatic heterocycles. The van der Waals surface area contributed by atoms with Crippen LogP contribution in [0.4, 0.5) is 0 Å². The highest BCUT2D eigenvalue weighted by Crippen LogP contribution is 2.31. The summed E-state index contributed by atoms with van der Waals surface area (Å²) < 4.78 is 1.32. The molecule has 1 heterocycles. The van der Waals surface area contributed by atoms with Crippen molar-refractivity contribution in [3.05, 3.63) is 83.2 Å². The first-order valence-electron chi connectivity index (χ1n) is 7.13. The maximum Gasteiger partial charge on any atom is 0.0412 e. The molecule has 0 aliphatic rings. The predicted octanol–water partition coefficient (Wildman–Crippen LogP) is 6.89. The molecule has 0 saturated heterocycles. The largest absolute Gasteiger partial charge is 0.144 e. The third kappa shape index (κ3) is 2.54. The highest BCUT2D eigenvalue weighted by molar-refractivity contribution is 7.17. The average Bonchev–Trinajstić information content (AvgIpc) is 3.02. The maximum atomic E-state index is 6.11. The number of benzene rings is 3. The molecule has 0 saturated carbocycles. The highest BCUT2D eigenvalue weighted by atomic mass is 35.5. The molecule has 0 radical (unpaired) electrons. The fraction of sp³-hybridized carbons (Fsp3) is 0. The van der Waals surface area contributed by atoms with Gasteiger partial charge in [-0.25, -0.2) is 0 Å². The summed E-state index contributed by atoms with van der Waals surface area (Å²) in [5.74, 6) is 0. The molecule has 0 amide bonds. The Bertz CT molecular complexity index is 953. The first kappa shape index (κ1) is 13.6. The molecule has 106 valence electrons. The van der Waals surface area contributed by atoms with Crippen molar-refractivity contribution in [2.45, 2.75) is 0 Å². The number of fused-ring (bicyclic) bond motifs is 1. The van der Waals surface area contributed by atoms with Crippen molar-refractivity contribution in [1.82, 2.24) is 0 Å². The van der Waals surface area contributed by atoms with Crippen molar-refractivity contribution in [3.63, 3.8) is 0 Å². The molecule has 4 aromatic rings. The standard InChI is InChI=1S/C20H13ClS/c21-19-6-2-5-17(12-19)15-3-1-4-16(11-15)18-8-7-14-9-10-22-20(14)13-18/h1-13H. The van der Waals surface area contributed by atoms with Crippen LogP contribution in [0.1, 0.15) is 0 Å². The number of rotatable bonds is 2. The molecule has 0 fully saturated rings. The van der Waals surface area contributed by atoms with E-state index in [9.17, 15) is 0 Å². The maximum absolute atomic E-state index is 6.11. The number of hydrogen-bond donors (Lipinski definition) is 0. The minimum absolute atomic E-state index is 0.767. The monoisotopic (exact) mass is 320 g/mol. The van der Waals surface area contributed by atoms with Gasteiger partial charge in [0.25, 0.3) is 0 Å². The molecule has 0 atom stereocenters. The van der Waals surface area contributed by atoms with Gasteiger partial charge in [0.15, 0.2) is 0 Å². The molecule has 3 aromatic carbocycles. The lowest BCUT2D eigenvalue weighted by Crippen LogP contribution is -1.81. The zero-order valence-electron chi connectivity index (χ0n) is 11.8. The van der Waals surface area contributed by atoms with Gasteiger partial charge in [0.2, 0.25) is 0 Å². The van der Waals surface area contributed by atoms with Gasteiger partial charge < -0.3 is 0 Å². The van der Waals surface area contributed by atoms with E-state index in [-0.39, 0.29) is 0 Å². The van der Waals surface area contributed by atoms with E-state index in [0.717, 1.165) is 10.6 Å². The lowest BCUT2D eigenvalue weighted by atomic mass is 9.99. The minimum atomic E-state index is 0.767. The molecule has 4 rings (SSSR count). The van der Waals surface area contributed by atoms with Crippen molar-refractivity contribution in [3.8, 4) is 22.3 Å². The second kappa shape index (κ2) is 5.60. The van der Waals surface area contributed by atoms with Gasteiger partial charge in [0.05, 0.1) is 0 Å². The molecule has 2 heteroatoms. The fourth-order valence-electron chi connectivity index (χ4n) is 2.68. The van der Waals surface area contributed by atoms with Gasteiger partial charge in [0, 0.05) is 9.72 Å². The van der Waals surface area contributed by atoms with Gasteiger partial charge in [-0.15, -0.1) is 11.3 Å². The van der Waals surface area contributed by atoms with Crippen molar-refractivity contribution in [2.75, 3.05) is 0 Å². The molecule has 22 heavy (non-hydrogen) atoms. The van der Waals surface area contributed by atoms with Gasteiger partial charge in [-0.05, 0) is 63.4 Å². The summed E-state index contributed by atoms with van der Waals surface area (Å²) in [6.45, 7) is 0. The lowest BCUT2D eigenvalue weighted by molar-refractivity contribution is 1.60.